The van der Waals surface area contributed by atoms with Gasteiger partial charge in [0, 0.05) is 17.8 Å². The number of nitrogens with zero attached hydrogens (tertiary/aromatic N) is 1. The Morgan fingerprint density at radius 1 is 1.14 bits per heavy atom. The molecular formula is C18H19N3O. The van der Waals surface area contributed by atoms with Gasteiger partial charge in [0.2, 0.25) is 0 Å². The van der Waals surface area contributed by atoms with Gasteiger partial charge in [-0.1, -0.05) is 55.5 Å². The van der Waals surface area contributed by atoms with Crippen LogP contribution >= 0.6 is 0 Å². The van der Waals surface area contributed by atoms with Gasteiger partial charge in [0.1, 0.15) is 0 Å². The molecular weight excluding hydrogens is 274 g/mol. The minimum absolute atomic E-state index is 0.133. The van der Waals surface area contributed by atoms with Crippen LogP contribution in [0.5, 0.6) is 0 Å². The van der Waals surface area contributed by atoms with Crippen LogP contribution in [-0.2, 0) is 0 Å². The van der Waals surface area contributed by atoms with Crippen molar-refractivity contribution in [3.05, 3.63) is 65.9 Å². The SMILES string of the molecule is CC[C@@H](CNC(=O)c1n[nH]c2ccccc12)c1ccccc1. The Morgan fingerprint density at radius 2 is 1.86 bits per heavy atom. The fourth-order valence-electron chi connectivity index (χ4n) is 2.66. The van der Waals surface area contributed by atoms with Crippen LogP contribution < -0.4 is 5.32 Å². The molecule has 2 aromatic carbocycles. The third kappa shape index (κ3) is 2.86. The van der Waals surface area contributed by atoms with E-state index in [2.05, 4.69) is 34.6 Å². The van der Waals surface area contributed by atoms with E-state index in [-0.39, 0.29) is 5.91 Å². The van der Waals surface area contributed by atoms with Crippen molar-refractivity contribution in [2.24, 2.45) is 0 Å². The van der Waals surface area contributed by atoms with E-state index < -0.39 is 0 Å². The highest BCUT2D eigenvalue weighted by Gasteiger charge is 2.16. The average molecular weight is 293 g/mol. The summed E-state index contributed by atoms with van der Waals surface area (Å²) in [4.78, 5) is 12.4. The van der Waals surface area contributed by atoms with Gasteiger partial charge in [-0.3, -0.25) is 9.89 Å². The molecule has 0 aliphatic carbocycles. The van der Waals surface area contributed by atoms with Crippen molar-refractivity contribution in [3.8, 4) is 0 Å². The lowest BCUT2D eigenvalue weighted by Gasteiger charge is -2.15. The molecule has 22 heavy (non-hydrogen) atoms. The lowest BCUT2D eigenvalue weighted by molar-refractivity contribution is 0.0947. The third-order valence-corrected chi connectivity index (χ3v) is 3.96. The molecule has 1 amide bonds. The monoisotopic (exact) mass is 293 g/mol. The number of benzene rings is 2. The maximum atomic E-state index is 12.4. The minimum atomic E-state index is -0.133. The number of para-hydroxylation sites is 1. The third-order valence-electron chi connectivity index (χ3n) is 3.96. The Hall–Kier alpha value is -2.62. The molecule has 0 bridgehead atoms. The number of carbonyl (C=O) groups excluding carboxylic acids is 1. The summed E-state index contributed by atoms with van der Waals surface area (Å²) in [6.45, 7) is 2.74. The van der Waals surface area contributed by atoms with Gasteiger partial charge in [-0.2, -0.15) is 5.10 Å². The van der Waals surface area contributed by atoms with E-state index in [9.17, 15) is 4.79 Å². The maximum absolute atomic E-state index is 12.4. The summed E-state index contributed by atoms with van der Waals surface area (Å²) in [6.07, 6.45) is 0.978. The second-order valence-electron chi connectivity index (χ2n) is 5.34. The van der Waals surface area contributed by atoms with Crippen LogP contribution in [0.4, 0.5) is 0 Å². The van der Waals surface area contributed by atoms with Gasteiger partial charge in [-0.25, -0.2) is 0 Å². The first kappa shape index (κ1) is 14.3. The number of amides is 1. The van der Waals surface area contributed by atoms with E-state index in [0.717, 1.165) is 17.3 Å². The van der Waals surface area contributed by atoms with Crippen LogP contribution in [-0.4, -0.2) is 22.6 Å². The Labute approximate surface area is 129 Å². The Balaban J connectivity index is 1.72. The van der Waals surface area contributed by atoms with Gasteiger partial charge in [-0.05, 0) is 18.1 Å². The second-order valence-corrected chi connectivity index (χ2v) is 5.34. The molecule has 2 N–H and O–H groups in total. The molecule has 4 heteroatoms. The highest BCUT2D eigenvalue weighted by molar-refractivity contribution is 6.04. The fraction of sp³-hybridized carbons (Fsp3) is 0.222. The summed E-state index contributed by atoms with van der Waals surface area (Å²) >= 11 is 0. The van der Waals surface area contributed by atoms with Gasteiger partial charge in [-0.15, -0.1) is 0 Å². The molecule has 0 saturated heterocycles. The predicted molar refractivity (Wildman–Crippen MR) is 87.9 cm³/mol. The van der Waals surface area contributed by atoms with Crippen LogP contribution in [0.2, 0.25) is 0 Å². The van der Waals surface area contributed by atoms with Crippen LogP contribution in [0, 0.1) is 0 Å². The molecule has 0 fully saturated rings. The standard InChI is InChI=1S/C18H19N3O/c1-2-13(14-8-4-3-5-9-14)12-19-18(22)17-15-10-6-7-11-16(15)20-21-17/h3-11,13H,2,12H2,1H3,(H,19,22)(H,20,21)/t13-/m0/s1. The van der Waals surface area contributed by atoms with Gasteiger partial charge in [0.25, 0.3) is 5.91 Å². The number of hydrogen-bond acceptors (Lipinski definition) is 2. The molecule has 0 saturated carbocycles. The Bertz CT molecular complexity index is 764. The summed E-state index contributed by atoms with van der Waals surface area (Å²) in [5.41, 5.74) is 2.58. The van der Waals surface area contributed by atoms with Crippen LogP contribution in [0.1, 0.15) is 35.3 Å². The Kier molecular flexibility index (Phi) is 4.19. The summed E-state index contributed by atoms with van der Waals surface area (Å²) in [5, 5.41) is 10.9. The van der Waals surface area contributed by atoms with E-state index in [4.69, 9.17) is 0 Å². The summed E-state index contributed by atoms with van der Waals surface area (Å²) in [5.74, 6) is 0.183. The number of nitrogens with one attached hydrogen (secondary N) is 2. The highest BCUT2D eigenvalue weighted by atomic mass is 16.1. The van der Waals surface area contributed by atoms with E-state index in [1.807, 2.05) is 42.5 Å². The minimum Gasteiger partial charge on any atom is -0.350 e. The molecule has 3 rings (SSSR count). The van der Waals surface area contributed by atoms with Gasteiger partial charge < -0.3 is 5.32 Å². The lowest BCUT2D eigenvalue weighted by atomic mass is 9.96. The number of fused-ring (bicyclic) bond motifs is 1. The molecule has 0 radical (unpaired) electrons. The molecule has 1 heterocycles. The van der Waals surface area contributed by atoms with E-state index in [1.54, 1.807) is 0 Å². The molecule has 0 aliphatic heterocycles. The number of aromatic nitrogens is 2. The van der Waals surface area contributed by atoms with Crippen molar-refractivity contribution in [1.82, 2.24) is 15.5 Å². The number of rotatable bonds is 5. The first-order valence-electron chi connectivity index (χ1n) is 7.56. The largest absolute Gasteiger partial charge is 0.350 e. The van der Waals surface area contributed by atoms with Crippen molar-refractivity contribution in [1.29, 1.82) is 0 Å². The molecule has 4 nitrogen and oxygen atoms in total. The average Bonchev–Trinajstić information content (AvgIpc) is 3.00. The predicted octanol–water partition coefficient (Wildman–Crippen LogP) is 3.49. The number of carbonyl (C=O) groups is 1. The van der Waals surface area contributed by atoms with Crippen LogP contribution in [0.15, 0.2) is 54.6 Å². The number of hydrogen-bond donors (Lipinski definition) is 2. The smallest absolute Gasteiger partial charge is 0.272 e. The topological polar surface area (TPSA) is 57.8 Å². The summed E-state index contributed by atoms with van der Waals surface area (Å²) < 4.78 is 0. The number of aromatic amines is 1. The summed E-state index contributed by atoms with van der Waals surface area (Å²) in [6, 6.07) is 17.9. The zero-order chi connectivity index (χ0) is 15.4. The van der Waals surface area contributed by atoms with E-state index >= 15 is 0 Å². The molecule has 3 aromatic rings. The maximum Gasteiger partial charge on any atom is 0.272 e. The zero-order valence-corrected chi connectivity index (χ0v) is 12.5. The van der Waals surface area contributed by atoms with E-state index in [0.29, 0.717) is 18.2 Å². The van der Waals surface area contributed by atoms with Gasteiger partial charge in [0.15, 0.2) is 5.69 Å². The normalized spacial score (nSPS) is 12.2. The molecule has 0 spiro atoms. The number of H-pyrrole nitrogens is 1. The molecule has 1 aromatic heterocycles. The van der Waals surface area contributed by atoms with Crippen molar-refractivity contribution < 1.29 is 4.79 Å². The molecule has 0 unspecified atom stereocenters. The van der Waals surface area contributed by atoms with Crippen molar-refractivity contribution >= 4 is 16.8 Å². The Morgan fingerprint density at radius 3 is 2.64 bits per heavy atom. The van der Waals surface area contributed by atoms with Gasteiger partial charge in [0.05, 0.1) is 5.52 Å². The first-order chi connectivity index (χ1) is 10.8. The fourth-order valence-corrected chi connectivity index (χ4v) is 2.66. The quantitative estimate of drug-likeness (QED) is 0.756. The lowest BCUT2D eigenvalue weighted by Crippen LogP contribution is -2.28. The second kappa shape index (κ2) is 6.43. The van der Waals surface area contributed by atoms with Gasteiger partial charge >= 0.3 is 0 Å². The molecule has 1 atom stereocenters. The zero-order valence-electron chi connectivity index (χ0n) is 12.5. The van der Waals surface area contributed by atoms with E-state index in [1.165, 1.54) is 5.56 Å². The summed E-state index contributed by atoms with van der Waals surface area (Å²) in [7, 11) is 0. The molecule has 0 aliphatic rings. The van der Waals surface area contributed by atoms with Crippen LogP contribution in [0.3, 0.4) is 0 Å². The van der Waals surface area contributed by atoms with Crippen molar-refractivity contribution in [3.63, 3.8) is 0 Å². The van der Waals surface area contributed by atoms with Crippen molar-refractivity contribution in [2.75, 3.05) is 6.54 Å². The van der Waals surface area contributed by atoms with Crippen molar-refractivity contribution in [2.45, 2.75) is 19.3 Å². The highest BCUT2D eigenvalue weighted by Crippen LogP contribution is 2.19. The van der Waals surface area contributed by atoms with Crippen LogP contribution in [0.25, 0.3) is 10.9 Å². The first-order valence-corrected chi connectivity index (χ1v) is 7.56. The molecule has 112 valence electrons.